The first-order valence-corrected chi connectivity index (χ1v) is 6.70. The lowest BCUT2D eigenvalue weighted by atomic mass is 10.3. The summed E-state index contributed by atoms with van der Waals surface area (Å²) in [6, 6.07) is 4.13. The first kappa shape index (κ1) is 14.9. The Hall–Kier alpha value is -1.54. The van der Waals surface area contributed by atoms with Crippen molar-refractivity contribution < 1.29 is 17.9 Å². The number of nitrogens with one attached hydrogen (secondary N) is 1. The molecule has 1 aromatic carbocycles. The summed E-state index contributed by atoms with van der Waals surface area (Å²) in [5, 5.41) is 3.82. The Bertz CT molecular complexity index is 583. The quantitative estimate of drug-likeness (QED) is 0.920. The van der Waals surface area contributed by atoms with Gasteiger partial charge in [0.15, 0.2) is 5.13 Å². The first-order valence-electron chi connectivity index (χ1n) is 5.88. The topological polar surface area (TPSA) is 37.4 Å². The molecule has 0 unspecified atom stereocenters. The van der Waals surface area contributed by atoms with Crippen LogP contribution in [0.5, 0.6) is 5.75 Å². The highest BCUT2D eigenvalue weighted by molar-refractivity contribution is 7.22. The van der Waals surface area contributed by atoms with Gasteiger partial charge in [0.2, 0.25) is 0 Å². The largest absolute Gasteiger partial charge is 0.573 e. The lowest BCUT2D eigenvalue weighted by molar-refractivity contribution is -0.274. The average Bonchev–Trinajstić information content (AvgIpc) is 2.68. The monoisotopic (exact) mass is 305 g/mol. The van der Waals surface area contributed by atoms with E-state index in [1.165, 1.54) is 29.5 Å². The molecule has 0 aliphatic heterocycles. The number of likely N-dealkylation sites (N-methyl/N-ethyl adjacent to an activating group) is 1. The Morgan fingerprint density at radius 2 is 2.10 bits per heavy atom. The highest BCUT2D eigenvalue weighted by Crippen LogP contribution is 2.31. The second-order valence-corrected chi connectivity index (χ2v) is 5.46. The highest BCUT2D eigenvalue weighted by Gasteiger charge is 2.31. The van der Waals surface area contributed by atoms with E-state index in [-0.39, 0.29) is 5.75 Å². The van der Waals surface area contributed by atoms with E-state index in [0.717, 1.165) is 13.1 Å². The first-order chi connectivity index (χ1) is 9.33. The summed E-state index contributed by atoms with van der Waals surface area (Å²) < 4.78 is 40.9. The number of nitrogens with zero attached hydrogens (tertiary/aromatic N) is 2. The van der Waals surface area contributed by atoms with E-state index in [9.17, 15) is 13.2 Å². The van der Waals surface area contributed by atoms with Gasteiger partial charge < -0.3 is 15.0 Å². The van der Waals surface area contributed by atoms with Crippen molar-refractivity contribution in [2.24, 2.45) is 0 Å². The van der Waals surface area contributed by atoms with Gasteiger partial charge in [-0.3, -0.25) is 0 Å². The number of benzene rings is 1. The minimum absolute atomic E-state index is 0.228. The molecule has 8 heteroatoms. The maximum absolute atomic E-state index is 12.1. The summed E-state index contributed by atoms with van der Waals surface area (Å²) in [4.78, 5) is 6.32. The Kier molecular flexibility index (Phi) is 4.34. The minimum atomic E-state index is -4.68. The van der Waals surface area contributed by atoms with Gasteiger partial charge in [-0.2, -0.15) is 0 Å². The smallest absolute Gasteiger partial charge is 0.406 e. The molecule has 20 heavy (non-hydrogen) atoms. The molecule has 4 nitrogen and oxygen atoms in total. The predicted octanol–water partition coefficient (Wildman–Crippen LogP) is 3.17. The molecule has 2 aromatic rings. The van der Waals surface area contributed by atoms with Crippen molar-refractivity contribution in [3.8, 4) is 5.75 Å². The molecule has 0 amide bonds. The molecule has 2 rings (SSSR count). The molecule has 1 heterocycles. The molecule has 0 radical (unpaired) electrons. The number of aromatic nitrogens is 1. The van der Waals surface area contributed by atoms with Crippen molar-refractivity contribution in [3.05, 3.63) is 18.2 Å². The van der Waals surface area contributed by atoms with Crippen LogP contribution in [0.1, 0.15) is 0 Å². The van der Waals surface area contributed by atoms with Crippen molar-refractivity contribution in [2.45, 2.75) is 6.36 Å². The fourth-order valence-electron chi connectivity index (χ4n) is 1.56. The van der Waals surface area contributed by atoms with Gasteiger partial charge in [-0.1, -0.05) is 11.3 Å². The normalized spacial score (nSPS) is 12.1. The lowest BCUT2D eigenvalue weighted by Gasteiger charge is -2.08. The van der Waals surface area contributed by atoms with Gasteiger partial charge in [0.25, 0.3) is 0 Å². The zero-order chi connectivity index (χ0) is 14.8. The summed E-state index contributed by atoms with van der Waals surface area (Å²) in [5.74, 6) is -0.228. The van der Waals surface area contributed by atoms with Crippen molar-refractivity contribution in [1.82, 2.24) is 9.88 Å². The highest BCUT2D eigenvalue weighted by atomic mass is 32.1. The molecular weight excluding hydrogens is 291 g/mol. The van der Waals surface area contributed by atoms with Crippen LogP contribution in [0, 0.1) is 0 Å². The molecule has 0 aliphatic carbocycles. The number of fused-ring (bicyclic) bond motifs is 1. The second kappa shape index (κ2) is 5.84. The number of rotatable bonds is 5. The summed E-state index contributed by atoms with van der Waals surface area (Å²) in [5.41, 5.74) is 0.650. The number of halogens is 3. The van der Waals surface area contributed by atoms with Gasteiger partial charge in [0.05, 0.1) is 10.2 Å². The summed E-state index contributed by atoms with van der Waals surface area (Å²) in [6.07, 6.45) is -4.68. The van der Waals surface area contributed by atoms with E-state index in [0.29, 0.717) is 15.3 Å². The van der Waals surface area contributed by atoms with Gasteiger partial charge in [0.1, 0.15) is 5.75 Å². The lowest BCUT2D eigenvalue weighted by Crippen LogP contribution is -2.20. The third kappa shape index (κ3) is 4.24. The van der Waals surface area contributed by atoms with Crippen LogP contribution in [0.25, 0.3) is 10.2 Å². The summed E-state index contributed by atoms with van der Waals surface area (Å²) in [7, 11) is 3.92. The van der Waals surface area contributed by atoms with Crippen LogP contribution in [-0.2, 0) is 0 Å². The van der Waals surface area contributed by atoms with Gasteiger partial charge in [-0.05, 0) is 26.2 Å². The Morgan fingerprint density at radius 3 is 2.75 bits per heavy atom. The molecule has 1 aromatic heterocycles. The number of anilines is 1. The van der Waals surface area contributed by atoms with E-state index in [1.807, 2.05) is 19.0 Å². The maximum Gasteiger partial charge on any atom is 0.573 e. The molecule has 0 spiro atoms. The zero-order valence-corrected chi connectivity index (χ0v) is 11.8. The van der Waals surface area contributed by atoms with Crippen molar-refractivity contribution in [3.63, 3.8) is 0 Å². The summed E-state index contributed by atoms with van der Waals surface area (Å²) >= 11 is 1.30. The Morgan fingerprint density at radius 1 is 1.35 bits per heavy atom. The number of hydrogen-bond donors (Lipinski definition) is 1. The zero-order valence-electron chi connectivity index (χ0n) is 11.0. The fraction of sp³-hybridized carbons (Fsp3) is 0.417. The van der Waals surface area contributed by atoms with Crippen LogP contribution in [0.3, 0.4) is 0 Å². The third-order valence-electron chi connectivity index (χ3n) is 2.43. The molecule has 0 aliphatic rings. The molecule has 0 atom stereocenters. The number of alkyl halides is 3. The Labute approximate surface area is 118 Å². The summed E-state index contributed by atoms with van der Waals surface area (Å²) in [6.45, 7) is 1.57. The van der Waals surface area contributed by atoms with Crippen LogP contribution in [-0.4, -0.2) is 43.4 Å². The molecule has 1 N–H and O–H groups in total. The van der Waals surface area contributed by atoms with Crippen LogP contribution >= 0.6 is 11.3 Å². The number of hydrogen-bond acceptors (Lipinski definition) is 5. The van der Waals surface area contributed by atoms with E-state index >= 15 is 0 Å². The van der Waals surface area contributed by atoms with Crippen LogP contribution in [0.15, 0.2) is 18.2 Å². The average molecular weight is 305 g/mol. The molecule has 110 valence electrons. The van der Waals surface area contributed by atoms with E-state index in [2.05, 4.69) is 15.0 Å². The van der Waals surface area contributed by atoms with Gasteiger partial charge >= 0.3 is 6.36 Å². The van der Waals surface area contributed by atoms with Crippen molar-refractivity contribution in [2.75, 3.05) is 32.5 Å². The molecule has 0 bridgehead atoms. The molecule has 0 saturated carbocycles. The molecular formula is C12H14F3N3OS. The van der Waals surface area contributed by atoms with Gasteiger partial charge in [-0.15, -0.1) is 13.2 Å². The standard InChI is InChI=1S/C12H14F3N3OS/c1-18(2)6-5-16-11-17-9-4-3-8(7-10(9)20-11)19-12(13,14)15/h3-4,7H,5-6H2,1-2H3,(H,16,17). The van der Waals surface area contributed by atoms with E-state index in [4.69, 9.17) is 0 Å². The fourth-order valence-corrected chi connectivity index (χ4v) is 2.48. The van der Waals surface area contributed by atoms with Crippen molar-refractivity contribution >= 4 is 26.7 Å². The predicted molar refractivity (Wildman–Crippen MR) is 73.3 cm³/mol. The van der Waals surface area contributed by atoms with Crippen LogP contribution in [0.2, 0.25) is 0 Å². The second-order valence-electron chi connectivity index (χ2n) is 4.43. The van der Waals surface area contributed by atoms with Crippen LogP contribution < -0.4 is 10.1 Å². The minimum Gasteiger partial charge on any atom is -0.406 e. The number of ether oxygens (including phenoxy) is 1. The van der Waals surface area contributed by atoms with Crippen molar-refractivity contribution in [1.29, 1.82) is 0 Å². The van der Waals surface area contributed by atoms with Gasteiger partial charge in [0, 0.05) is 19.2 Å². The van der Waals surface area contributed by atoms with E-state index < -0.39 is 6.36 Å². The molecule has 0 saturated heterocycles. The Balaban J connectivity index is 2.09. The van der Waals surface area contributed by atoms with E-state index in [1.54, 1.807) is 0 Å². The van der Waals surface area contributed by atoms with Gasteiger partial charge in [-0.25, -0.2) is 4.98 Å². The molecule has 0 fully saturated rings. The SMILES string of the molecule is CN(C)CCNc1nc2ccc(OC(F)(F)F)cc2s1. The van der Waals surface area contributed by atoms with Crippen LogP contribution in [0.4, 0.5) is 18.3 Å². The number of thiazole rings is 1. The maximum atomic E-state index is 12.1. The third-order valence-corrected chi connectivity index (χ3v) is 3.40.